The maximum Gasteiger partial charge on any atom is 0.338 e. The van der Waals surface area contributed by atoms with Crippen LogP contribution in [0.25, 0.3) is 10.9 Å². The molecule has 2 aliphatic heterocycles. The van der Waals surface area contributed by atoms with E-state index >= 15 is 0 Å². The summed E-state index contributed by atoms with van der Waals surface area (Å²) in [5.41, 5.74) is 3.20. The van der Waals surface area contributed by atoms with Crippen molar-refractivity contribution in [1.29, 1.82) is 0 Å². The quantitative estimate of drug-likeness (QED) is 0.516. The molecule has 7 heteroatoms. The average Bonchev–Trinajstić information content (AvgIpc) is 3.25. The monoisotopic (exact) mass is 417 g/mol. The number of anilines is 1. The van der Waals surface area contributed by atoms with Gasteiger partial charge in [-0.3, -0.25) is 4.79 Å². The Labute approximate surface area is 179 Å². The molecule has 3 heterocycles. The Kier molecular flexibility index (Phi) is 4.18. The molecule has 2 aromatic carbocycles. The molecule has 5 rings (SSSR count). The van der Waals surface area contributed by atoms with E-state index in [0.717, 1.165) is 22.2 Å². The summed E-state index contributed by atoms with van der Waals surface area (Å²) in [6.45, 7) is 5.95. The van der Waals surface area contributed by atoms with Crippen LogP contribution in [0, 0.1) is 0 Å². The predicted molar refractivity (Wildman–Crippen MR) is 116 cm³/mol. The number of imide groups is 1. The summed E-state index contributed by atoms with van der Waals surface area (Å²) >= 11 is 0. The van der Waals surface area contributed by atoms with Crippen LogP contribution in [0.2, 0.25) is 0 Å². The molecule has 31 heavy (non-hydrogen) atoms. The van der Waals surface area contributed by atoms with Gasteiger partial charge in [0.25, 0.3) is 5.91 Å². The number of benzene rings is 2. The zero-order valence-corrected chi connectivity index (χ0v) is 17.6. The van der Waals surface area contributed by atoms with E-state index < -0.39 is 17.6 Å². The van der Waals surface area contributed by atoms with Gasteiger partial charge in [0.1, 0.15) is 6.04 Å². The topological polar surface area (TPSA) is 82.7 Å². The van der Waals surface area contributed by atoms with E-state index in [9.17, 15) is 14.4 Å². The number of hydrogen-bond acceptors (Lipinski definition) is 4. The van der Waals surface area contributed by atoms with Crippen LogP contribution < -0.4 is 4.90 Å². The molecule has 0 spiro atoms. The number of ether oxygens (including phenoxy) is 1. The Balaban J connectivity index is 1.53. The third-order valence-corrected chi connectivity index (χ3v) is 6.28. The molecule has 1 fully saturated rings. The molecule has 1 atom stereocenters. The highest BCUT2D eigenvalue weighted by atomic mass is 16.5. The summed E-state index contributed by atoms with van der Waals surface area (Å²) in [5.74, 6) is -0.685. The highest BCUT2D eigenvalue weighted by Gasteiger charge is 2.55. The maximum atomic E-state index is 13.4. The molecule has 3 amide bonds. The second-order valence-electron chi connectivity index (χ2n) is 8.40. The van der Waals surface area contributed by atoms with E-state index in [4.69, 9.17) is 4.74 Å². The van der Waals surface area contributed by atoms with Crippen LogP contribution in [0.4, 0.5) is 10.5 Å². The summed E-state index contributed by atoms with van der Waals surface area (Å²) in [4.78, 5) is 45.1. The van der Waals surface area contributed by atoms with Crippen LogP contribution in [0.3, 0.4) is 0 Å². The van der Waals surface area contributed by atoms with Gasteiger partial charge in [-0.25, -0.2) is 14.5 Å². The van der Waals surface area contributed by atoms with E-state index in [-0.39, 0.29) is 18.5 Å². The van der Waals surface area contributed by atoms with E-state index in [1.165, 1.54) is 4.90 Å². The van der Waals surface area contributed by atoms with E-state index in [0.29, 0.717) is 17.7 Å². The van der Waals surface area contributed by atoms with Crippen LogP contribution in [0.1, 0.15) is 42.4 Å². The van der Waals surface area contributed by atoms with E-state index in [1.807, 2.05) is 38.1 Å². The molecular formula is C24H23N3O4. The molecule has 1 N–H and O–H groups in total. The number of H-pyrrole nitrogens is 1. The summed E-state index contributed by atoms with van der Waals surface area (Å²) in [6, 6.07) is 13.5. The van der Waals surface area contributed by atoms with Gasteiger partial charge in [0, 0.05) is 23.0 Å². The standard InChI is InChI=1S/C24H23N3O4/c1-4-31-22(29)14-9-11-15(12-10-14)26-21(28)19-13-17-16-7-5-6-8-18(16)25-20(17)24(2,3)27(19)23(26)30/h5-12,19,25H,4,13H2,1-3H3. The lowest BCUT2D eigenvalue weighted by Gasteiger charge is -2.42. The molecule has 1 unspecified atom stereocenters. The summed E-state index contributed by atoms with van der Waals surface area (Å²) in [6.07, 6.45) is 0.463. The predicted octanol–water partition coefficient (Wildman–Crippen LogP) is 3.97. The Morgan fingerprint density at radius 2 is 1.84 bits per heavy atom. The van der Waals surface area contributed by atoms with Crippen molar-refractivity contribution >= 4 is 34.5 Å². The van der Waals surface area contributed by atoms with Crippen LogP contribution in [-0.4, -0.2) is 40.4 Å². The van der Waals surface area contributed by atoms with Gasteiger partial charge in [-0.2, -0.15) is 0 Å². The number of hydrogen-bond donors (Lipinski definition) is 1. The second kappa shape index (κ2) is 6.70. The molecule has 0 radical (unpaired) electrons. The molecule has 3 aromatic rings. The largest absolute Gasteiger partial charge is 0.462 e. The van der Waals surface area contributed by atoms with Crippen molar-refractivity contribution in [2.45, 2.75) is 38.8 Å². The molecule has 1 aromatic heterocycles. The lowest BCUT2D eigenvalue weighted by Crippen LogP contribution is -2.52. The van der Waals surface area contributed by atoms with Crippen LogP contribution in [0.15, 0.2) is 48.5 Å². The molecular weight excluding hydrogens is 394 g/mol. The minimum Gasteiger partial charge on any atom is -0.462 e. The number of nitrogens with one attached hydrogen (secondary N) is 1. The van der Waals surface area contributed by atoms with Crippen molar-refractivity contribution < 1.29 is 19.1 Å². The SMILES string of the molecule is CCOC(=O)c1ccc(N2C(=O)C3Cc4c([nH]c5ccccc45)C(C)(C)N3C2=O)cc1. The minimum absolute atomic E-state index is 0.252. The number of nitrogens with zero attached hydrogens (tertiary/aromatic N) is 2. The van der Waals surface area contributed by atoms with Crippen molar-refractivity contribution in [3.63, 3.8) is 0 Å². The van der Waals surface area contributed by atoms with Crippen molar-refractivity contribution in [2.24, 2.45) is 0 Å². The van der Waals surface area contributed by atoms with Gasteiger partial charge >= 0.3 is 12.0 Å². The van der Waals surface area contributed by atoms with E-state index in [1.54, 1.807) is 36.1 Å². The van der Waals surface area contributed by atoms with Crippen LogP contribution in [-0.2, 0) is 21.5 Å². The molecule has 158 valence electrons. The van der Waals surface area contributed by atoms with Crippen molar-refractivity contribution in [1.82, 2.24) is 9.88 Å². The number of aromatic amines is 1. The summed E-state index contributed by atoms with van der Waals surface area (Å²) < 4.78 is 5.00. The Morgan fingerprint density at radius 3 is 2.55 bits per heavy atom. The third-order valence-electron chi connectivity index (χ3n) is 6.28. The summed E-state index contributed by atoms with van der Waals surface area (Å²) in [5, 5.41) is 1.09. The Bertz CT molecular complexity index is 1230. The first-order valence-electron chi connectivity index (χ1n) is 10.4. The highest BCUT2D eigenvalue weighted by molar-refractivity contribution is 6.22. The highest BCUT2D eigenvalue weighted by Crippen LogP contribution is 2.45. The fourth-order valence-electron chi connectivity index (χ4n) is 4.85. The molecule has 0 bridgehead atoms. The number of carbonyl (C=O) groups is 3. The van der Waals surface area contributed by atoms with Gasteiger partial charge in [-0.1, -0.05) is 18.2 Å². The molecule has 7 nitrogen and oxygen atoms in total. The van der Waals surface area contributed by atoms with Crippen LogP contribution >= 0.6 is 0 Å². The number of amides is 3. The molecule has 0 saturated carbocycles. The van der Waals surface area contributed by atoms with Gasteiger partial charge in [0.15, 0.2) is 0 Å². The number of esters is 1. The Hall–Kier alpha value is -3.61. The zero-order chi connectivity index (χ0) is 21.9. The first-order chi connectivity index (χ1) is 14.8. The smallest absolute Gasteiger partial charge is 0.338 e. The number of carbonyl (C=O) groups excluding carboxylic acids is 3. The van der Waals surface area contributed by atoms with Crippen molar-refractivity contribution in [3.05, 3.63) is 65.4 Å². The number of urea groups is 1. The Morgan fingerprint density at radius 1 is 1.13 bits per heavy atom. The van der Waals surface area contributed by atoms with Gasteiger partial charge in [-0.05, 0) is 56.7 Å². The summed E-state index contributed by atoms with van der Waals surface area (Å²) in [7, 11) is 0. The first-order valence-corrected chi connectivity index (χ1v) is 10.4. The zero-order valence-electron chi connectivity index (χ0n) is 17.6. The number of para-hydroxylation sites is 1. The van der Waals surface area contributed by atoms with Crippen molar-refractivity contribution in [2.75, 3.05) is 11.5 Å². The normalized spacial score (nSPS) is 19.5. The number of rotatable bonds is 3. The molecule has 2 aliphatic rings. The fourth-order valence-corrected chi connectivity index (χ4v) is 4.85. The van der Waals surface area contributed by atoms with Gasteiger partial charge in [0.05, 0.1) is 23.4 Å². The third kappa shape index (κ3) is 2.69. The van der Waals surface area contributed by atoms with Gasteiger partial charge in [0.2, 0.25) is 0 Å². The van der Waals surface area contributed by atoms with Crippen molar-refractivity contribution in [3.8, 4) is 0 Å². The van der Waals surface area contributed by atoms with Gasteiger partial charge in [-0.15, -0.1) is 0 Å². The van der Waals surface area contributed by atoms with Crippen LogP contribution in [0.5, 0.6) is 0 Å². The lowest BCUT2D eigenvalue weighted by atomic mass is 9.85. The van der Waals surface area contributed by atoms with E-state index in [2.05, 4.69) is 4.98 Å². The second-order valence-corrected chi connectivity index (χ2v) is 8.40. The van der Waals surface area contributed by atoms with Gasteiger partial charge < -0.3 is 14.6 Å². The molecule has 0 aliphatic carbocycles. The number of fused-ring (bicyclic) bond motifs is 4. The fraction of sp³-hybridized carbons (Fsp3) is 0.292. The first kappa shape index (κ1) is 19.4. The lowest BCUT2D eigenvalue weighted by molar-refractivity contribution is -0.121. The number of aromatic nitrogens is 1. The molecule has 1 saturated heterocycles. The maximum absolute atomic E-state index is 13.4. The minimum atomic E-state index is -0.677. The average molecular weight is 417 g/mol.